The molecule has 5 nitrogen and oxygen atoms in total. The van der Waals surface area contributed by atoms with Crippen LogP contribution in [0.5, 0.6) is 0 Å². The number of anilines is 1. The maximum absolute atomic E-state index is 12.4. The third kappa shape index (κ3) is 3.74. The van der Waals surface area contributed by atoms with Crippen molar-refractivity contribution in [3.8, 4) is 0 Å². The quantitative estimate of drug-likeness (QED) is 0.832. The lowest BCUT2D eigenvalue weighted by Gasteiger charge is -2.21. The monoisotopic (exact) mass is 322 g/mol. The summed E-state index contributed by atoms with van der Waals surface area (Å²) in [5, 5.41) is 12.6. The third-order valence-electron chi connectivity index (χ3n) is 3.77. The lowest BCUT2D eigenvalue weighted by molar-refractivity contribution is -0.146. The molecule has 0 aliphatic carbocycles. The number of hydrogen-bond donors (Lipinski definition) is 2. The minimum atomic E-state index is -0.849. The number of thioether (sulfide) groups is 1. The first-order valence-corrected chi connectivity index (χ1v) is 8.25. The Morgan fingerprint density at radius 1 is 1.36 bits per heavy atom. The number of likely N-dealkylation sites (tertiary alicyclic amines) is 1. The molecule has 120 valence electrons. The van der Waals surface area contributed by atoms with Gasteiger partial charge in [-0.3, -0.25) is 4.79 Å². The minimum absolute atomic E-state index is 0.234. The van der Waals surface area contributed by atoms with Gasteiger partial charge in [-0.1, -0.05) is 26.0 Å². The summed E-state index contributed by atoms with van der Waals surface area (Å²) in [5.41, 5.74) is -0.0704. The Kier molecular flexibility index (Phi) is 5.01. The summed E-state index contributed by atoms with van der Waals surface area (Å²) in [7, 11) is 0. The van der Waals surface area contributed by atoms with Gasteiger partial charge in [0.2, 0.25) is 0 Å². The van der Waals surface area contributed by atoms with E-state index in [1.807, 2.05) is 24.3 Å². The Bertz CT molecular complexity index is 576. The lowest BCUT2D eigenvalue weighted by atomic mass is 9.90. The SMILES string of the molecule is CC(C)Sc1ccccc1NC(=O)N1CCC(C)(C(=O)O)C1. The van der Waals surface area contributed by atoms with Crippen molar-refractivity contribution in [1.82, 2.24) is 4.90 Å². The number of amides is 2. The van der Waals surface area contributed by atoms with Gasteiger partial charge in [-0.2, -0.15) is 0 Å². The summed E-state index contributed by atoms with van der Waals surface area (Å²) in [6, 6.07) is 7.44. The van der Waals surface area contributed by atoms with E-state index in [1.165, 1.54) is 0 Å². The highest BCUT2D eigenvalue weighted by Crippen LogP contribution is 2.32. The van der Waals surface area contributed by atoms with Gasteiger partial charge >= 0.3 is 12.0 Å². The number of aliphatic carboxylic acids is 1. The van der Waals surface area contributed by atoms with E-state index in [-0.39, 0.29) is 12.6 Å². The highest BCUT2D eigenvalue weighted by molar-refractivity contribution is 8.00. The third-order valence-corrected chi connectivity index (χ3v) is 4.85. The first-order valence-electron chi connectivity index (χ1n) is 7.37. The zero-order chi connectivity index (χ0) is 16.3. The molecule has 22 heavy (non-hydrogen) atoms. The van der Waals surface area contributed by atoms with Gasteiger partial charge < -0.3 is 15.3 Å². The number of carbonyl (C=O) groups excluding carboxylic acids is 1. The summed E-state index contributed by atoms with van der Waals surface area (Å²) in [5.74, 6) is -0.849. The van der Waals surface area contributed by atoms with Gasteiger partial charge in [0.25, 0.3) is 0 Å². The molecule has 1 saturated heterocycles. The van der Waals surface area contributed by atoms with Gasteiger partial charge in [0.1, 0.15) is 0 Å². The highest BCUT2D eigenvalue weighted by Gasteiger charge is 2.42. The summed E-state index contributed by atoms with van der Waals surface area (Å²) < 4.78 is 0. The Morgan fingerprint density at radius 2 is 2.05 bits per heavy atom. The molecular weight excluding hydrogens is 300 g/mol. The number of nitrogens with zero attached hydrogens (tertiary/aromatic N) is 1. The topological polar surface area (TPSA) is 69.6 Å². The summed E-state index contributed by atoms with van der Waals surface area (Å²) in [6.45, 7) is 6.59. The minimum Gasteiger partial charge on any atom is -0.481 e. The molecule has 0 saturated carbocycles. The lowest BCUT2D eigenvalue weighted by Crippen LogP contribution is -2.37. The van der Waals surface area contributed by atoms with Crippen LogP contribution in [0.15, 0.2) is 29.2 Å². The van der Waals surface area contributed by atoms with Crippen LogP contribution in [0, 0.1) is 5.41 Å². The van der Waals surface area contributed by atoms with Crippen LogP contribution in [0.1, 0.15) is 27.2 Å². The molecule has 1 atom stereocenters. The maximum atomic E-state index is 12.4. The second-order valence-corrected chi connectivity index (χ2v) is 7.75. The Hall–Kier alpha value is -1.69. The molecule has 1 unspecified atom stereocenters. The van der Waals surface area contributed by atoms with Crippen molar-refractivity contribution in [1.29, 1.82) is 0 Å². The predicted octanol–water partition coefficient (Wildman–Crippen LogP) is 3.52. The van der Waals surface area contributed by atoms with Crippen LogP contribution in [0.25, 0.3) is 0 Å². The molecule has 1 aliphatic heterocycles. The molecule has 1 aromatic carbocycles. The van der Waals surface area contributed by atoms with E-state index < -0.39 is 11.4 Å². The van der Waals surface area contributed by atoms with Gasteiger partial charge in [0, 0.05) is 23.2 Å². The molecule has 2 rings (SSSR count). The van der Waals surface area contributed by atoms with Crippen molar-refractivity contribution in [2.75, 3.05) is 18.4 Å². The van der Waals surface area contributed by atoms with Crippen LogP contribution in [0.3, 0.4) is 0 Å². The number of benzene rings is 1. The van der Waals surface area contributed by atoms with Crippen molar-refractivity contribution in [3.63, 3.8) is 0 Å². The molecule has 0 spiro atoms. The van der Waals surface area contributed by atoms with Crippen molar-refractivity contribution in [2.24, 2.45) is 5.41 Å². The van der Waals surface area contributed by atoms with Crippen LogP contribution in [0.2, 0.25) is 0 Å². The average Bonchev–Trinajstić information content (AvgIpc) is 2.85. The predicted molar refractivity (Wildman–Crippen MR) is 88.4 cm³/mol. The van der Waals surface area contributed by atoms with E-state index in [0.717, 1.165) is 10.6 Å². The number of urea groups is 1. The molecule has 0 bridgehead atoms. The zero-order valence-electron chi connectivity index (χ0n) is 13.1. The number of carboxylic acids is 1. The molecule has 2 amide bonds. The fourth-order valence-corrected chi connectivity index (χ4v) is 3.34. The van der Waals surface area contributed by atoms with E-state index >= 15 is 0 Å². The number of nitrogens with one attached hydrogen (secondary N) is 1. The second-order valence-electron chi connectivity index (χ2n) is 6.13. The maximum Gasteiger partial charge on any atom is 0.321 e. The number of para-hydroxylation sites is 1. The highest BCUT2D eigenvalue weighted by atomic mass is 32.2. The smallest absolute Gasteiger partial charge is 0.321 e. The van der Waals surface area contributed by atoms with Gasteiger partial charge in [-0.25, -0.2) is 4.79 Å². The van der Waals surface area contributed by atoms with Gasteiger partial charge in [-0.15, -0.1) is 11.8 Å². The van der Waals surface area contributed by atoms with E-state index in [9.17, 15) is 14.7 Å². The number of carboxylic acid groups (broad SMARTS) is 1. The van der Waals surface area contributed by atoms with Crippen molar-refractivity contribution in [3.05, 3.63) is 24.3 Å². The van der Waals surface area contributed by atoms with Crippen molar-refractivity contribution >= 4 is 29.4 Å². The molecule has 1 heterocycles. The molecule has 2 N–H and O–H groups in total. The van der Waals surface area contributed by atoms with E-state index in [4.69, 9.17) is 0 Å². The van der Waals surface area contributed by atoms with Crippen LogP contribution in [0.4, 0.5) is 10.5 Å². The fourth-order valence-electron chi connectivity index (χ4n) is 2.43. The van der Waals surface area contributed by atoms with Gasteiger partial charge in [0.05, 0.1) is 11.1 Å². The normalized spacial score (nSPS) is 21.2. The van der Waals surface area contributed by atoms with Crippen LogP contribution >= 0.6 is 11.8 Å². The standard InChI is InChI=1S/C16H22N2O3S/c1-11(2)22-13-7-5-4-6-12(13)17-15(21)18-9-8-16(3,10-18)14(19)20/h4-7,11H,8-10H2,1-3H3,(H,17,21)(H,19,20). The zero-order valence-corrected chi connectivity index (χ0v) is 13.9. The first kappa shape index (κ1) is 16.7. The molecular formula is C16H22N2O3S. The Morgan fingerprint density at radius 3 is 2.64 bits per heavy atom. The van der Waals surface area contributed by atoms with E-state index in [1.54, 1.807) is 23.6 Å². The van der Waals surface area contributed by atoms with Gasteiger partial charge in [-0.05, 0) is 25.5 Å². The average molecular weight is 322 g/mol. The van der Waals surface area contributed by atoms with E-state index in [2.05, 4.69) is 19.2 Å². The summed E-state index contributed by atoms with van der Waals surface area (Å²) in [6.07, 6.45) is 0.484. The molecule has 6 heteroatoms. The summed E-state index contributed by atoms with van der Waals surface area (Å²) >= 11 is 1.69. The number of hydrogen-bond acceptors (Lipinski definition) is 3. The number of carbonyl (C=O) groups is 2. The first-order chi connectivity index (χ1) is 10.3. The molecule has 1 aromatic rings. The largest absolute Gasteiger partial charge is 0.481 e. The molecule has 1 fully saturated rings. The Balaban J connectivity index is 2.06. The van der Waals surface area contributed by atoms with Crippen LogP contribution < -0.4 is 5.32 Å². The fraction of sp³-hybridized carbons (Fsp3) is 0.500. The van der Waals surface area contributed by atoms with Crippen molar-refractivity contribution in [2.45, 2.75) is 37.3 Å². The summed E-state index contributed by atoms with van der Waals surface area (Å²) in [4.78, 5) is 26.2. The second kappa shape index (κ2) is 6.60. The van der Waals surface area contributed by atoms with Crippen LogP contribution in [-0.2, 0) is 4.79 Å². The number of rotatable bonds is 4. The van der Waals surface area contributed by atoms with Crippen LogP contribution in [-0.4, -0.2) is 40.3 Å². The molecule has 0 radical (unpaired) electrons. The van der Waals surface area contributed by atoms with Crippen molar-refractivity contribution < 1.29 is 14.7 Å². The molecule has 0 aromatic heterocycles. The van der Waals surface area contributed by atoms with Gasteiger partial charge in [0.15, 0.2) is 0 Å². The Labute approximate surface area is 135 Å². The molecule has 1 aliphatic rings. The van der Waals surface area contributed by atoms with E-state index in [0.29, 0.717) is 18.2 Å².